The van der Waals surface area contributed by atoms with Crippen LogP contribution in [0.5, 0.6) is 5.75 Å². The molecule has 0 aliphatic rings. The maximum absolute atomic E-state index is 12.4. The van der Waals surface area contributed by atoms with Gasteiger partial charge in [0.05, 0.1) is 17.8 Å². The van der Waals surface area contributed by atoms with Crippen LogP contribution in [0.2, 0.25) is 0 Å². The molecule has 0 fully saturated rings. The molecule has 168 valence electrons. The van der Waals surface area contributed by atoms with E-state index in [-0.39, 0.29) is 30.4 Å². The van der Waals surface area contributed by atoms with E-state index in [4.69, 9.17) is 15.2 Å². The number of carbonyl (C=O) groups excluding carboxylic acids is 2. The number of pyridine rings is 1. The second-order valence-electron chi connectivity index (χ2n) is 7.04. The quantitative estimate of drug-likeness (QED) is 0.491. The summed E-state index contributed by atoms with van der Waals surface area (Å²) < 4.78 is 10.7. The van der Waals surface area contributed by atoms with Crippen LogP contribution in [0.1, 0.15) is 31.1 Å². The third-order valence-corrected chi connectivity index (χ3v) is 5.00. The third kappa shape index (κ3) is 5.26. The Bertz CT molecular complexity index is 1110. The lowest BCUT2D eigenvalue weighted by atomic mass is 10.1. The molecule has 0 saturated heterocycles. The number of aromatic nitrogens is 1. The monoisotopic (exact) mass is 436 g/mol. The van der Waals surface area contributed by atoms with E-state index in [1.54, 1.807) is 25.1 Å². The molecule has 3 rings (SSSR count). The Hall–Kier alpha value is -3.81. The average Bonchev–Trinajstić information content (AvgIpc) is 2.79. The highest BCUT2D eigenvalue weighted by atomic mass is 16.5. The van der Waals surface area contributed by atoms with Crippen LogP contribution in [0.15, 0.2) is 48.7 Å². The van der Waals surface area contributed by atoms with Crippen LogP contribution in [-0.2, 0) is 9.53 Å². The molecular weight excluding hydrogens is 408 g/mol. The highest BCUT2D eigenvalue weighted by Crippen LogP contribution is 2.27. The molecule has 3 N–H and O–H groups in total. The molecule has 1 amide bonds. The topological polar surface area (TPSA) is 107 Å². The molecule has 3 aromatic rings. The van der Waals surface area contributed by atoms with Crippen LogP contribution >= 0.6 is 0 Å². The largest absolute Gasteiger partial charge is 0.484 e. The van der Waals surface area contributed by atoms with Crippen LogP contribution in [0.25, 0.3) is 10.9 Å². The van der Waals surface area contributed by atoms with Crippen LogP contribution in [0.3, 0.4) is 0 Å². The predicted octanol–water partition coefficient (Wildman–Crippen LogP) is 3.86. The minimum atomic E-state index is -0.533. The van der Waals surface area contributed by atoms with Crippen molar-refractivity contribution in [1.82, 2.24) is 4.98 Å². The molecule has 1 heterocycles. The maximum atomic E-state index is 12.4. The fraction of sp³-hybridized carbons (Fsp3) is 0.292. The number of anilines is 3. The van der Waals surface area contributed by atoms with Crippen LogP contribution in [-0.4, -0.2) is 43.2 Å². The van der Waals surface area contributed by atoms with Crippen LogP contribution < -0.4 is 20.7 Å². The number of esters is 1. The first-order chi connectivity index (χ1) is 15.5. The van der Waals surface area contributed by atoms with Crippen molar-refractivity contribution < 1.29 is 19.1 Å². The Kier molecular flexibility index (Phi) is 7.49. The summed E-state index contributed by atoms with van der Waals surface area (Å²) in [6.07, 6.45) is 1.40. The molecule has 0 bridgehead atoms. The second-order valence-corrected chi connectivity index (χ2v) is 7.04. The van der Waals surface area contributed by atoms with E-state index in [0.29, 0.717) is 22.3 Å². The first-order valence-corrected chi connectivity index (χ1v) is 10.6. The van der Waals surface area contributed by atoms with Gasteiger partial charge in [0.2, 0.25) is 0 Å². The Morgan fingerprint density at radius 1 is 1.09 bits per heavy atom. The summed E-state index contributed by atoms with van der Waals surface area (Å²) in [7, 11) is 0. The minimum absolute atomic E-state index is 0.143. The number of nitrogens with zero attached hydrogens (tertiary/aromatic N) is 2. The lowest BCUT2D eigenvalue weighted by Gasteiger charge is -2.21. The Labute approximate surface area is 187 Å². The molecule has 8 nitrogen and oxygen atoms in total. The van der Waals surface area contributed by atoms with Gasteiger partial charge in [-0.05, 0) is 51.1 Å². The van der Waals surface area contributed by atoms with E-state index in [1.165, 1.54) is 6.20 Å². The normalized spacial score (nSPS) is 10.6. The lowest BCUT2D eigenvalue weighted by Crippen LogP contribution is -2.22. The number of hydrogen-bond acceptors (Lipinski definition) is 7. The average molecular weight is 437 g/mol. The molecule has 0 aliphatic carbocycles. The number of nitrogens with one attached hydrogen (secondary N) is 1. The zero-order valence-corrected chi connectivity index (χ0v) is 18.6. The predicted molar refractivity (Wildman–Crippen MR) is 126 cm³/mol. The van der Waals surface area contributed by atoms with Gasteiger partial charge < -0.3 is 25.4 Å². The summed E-state index contributed by atoms with van der Waals surface area (Å²) in [5, 5.41) is 3.35. The fourth-order valence-corrected chi connectivity index (χ4v) is 3.37. The maximum Gasteiger partial charge on any atom is 0.341 e. The number of nitrogens with two attached hydrogens (primary N) is 1. The van der Waals surface area contributed by atoms with E-state index in [1.807, 2.05) is 24.3 Å². The van der Waals surface area contributed by atoms with Crippen molar-refractivity contribution in [2.75, 3.05) is 42.3 Å². The van der Waals surface area contributed by atoms with Crippen molar-refractivity contribution >= 4 is 39.8 Å². The fourth-order valence-electron chi connectivity index (χ4n) is 3.37. The van der Waals surface area contributed by atoms with Crippen LogP contribution in [0.4, 0.5) is 17.1 Å². The standard InChI is InChI=1S/C24H28N4O4/c1-4-28(5-2)17-8-7-9-18(13-17)32-15-22(29)27-16-10-11-21-19(12-16)23(25)20(14-26-21)24(30)31-6-3/h7-14H,4-6,15H2,1-3H3,(H2,25,26)(H,27,29). The first kappa shape index (κ1) is 22.9. The smallest absolute Gasteiger partial charge is 0.341 e. The van der Waals surface area contributed by atoms with E-state index in [2.05, 4.69) is 29.0 Å². The number of fused-ring (bicyclic) bond motifs is 1. The van der Waals surface area contributed by atoms with Gasteiger partial charge in [-0.1, -0.05) is 6.07 Å². The molecule has 2 aromatic carbocycles. The van der Waals surface area contributed by atoms with Crippen molar-refractivity contribution in [3.63, 3.8) is 0 Å². The van der Waals surface area contributed by atoms with Crippen molar-refractivity contribution in [2.45, 2.75) is 20.8 Å². The number of carbonyl (C=O) groups is 2. The van der Waals surface area contributed by atoms with Gasteiger partial charge in [0, 0.05) is 42.1 Å². The van der Waals surface area contributed by atoms with Crippen LogP contribution in [0, 0.1) is 0 Å². The van der Waals surface area contributed by atoms with E-state index in [9.17, 15) is 9.59 Å². The van der Waals surface area contributed by atoms with E-state index in [0.717, 1.165) is 18.8 Å². The van der Waals surface area contributed by atoms with Crippen molar-refractivity contribution in [3.05, 3.63) is 54.2 Å². The number of hydrogen-bond donors (Lipinski definition) is 2. The molecule has 0 saturated carbocycles. The number of ether oxygens (including phenoxy) is 2. The zero-order chi connectivity index (χ0) is 23.1. The van der Waals surface area contributed by atoms with Gasteiger partial charge in [0.15, 0.2) is 6.61 Å². The summed E-state index contributed by atoms with van der Waals surface area (Å²) in [5.74, 6) is -0.226. The molecule has 0 aliphatic heterocycles. The summed E-state index contributed by atoms with van der Waals surface area (Å²) >= 11 is 0. The first-order valence-electron chi connectivity index (χ1n) is 10.6. The van der Waals surface area contributed by atoms with E-state index >= 15 is 0 Å². The lowest BCUT2D eigenvalue weighted by molar-refractivity contribution is -0.118. The molecule has 8 heteroatoms. The molecule has 0 unspecified atom stereocenters. The molecule has 0 radical (unpaired) electrons. The highest BCUT2D eigenvalue weighted by molar-refractivity contribution is 6.05. The Morgan fingerprint density at radius 3 is 2.59 bits per heavy atom. The number of nitrogen functional groups attached to an aromatic ring is 1. The minimum Gasteiger partial charge on any atom is -0.484 e. The van der Waals surface area contributed by atoms with Crippen molar-refractivity contribution in [2.24, 2.45) is 0 Å². The molecular formula is C24H28N4O4. The van der Waals surface area contributed by atoms with Gasteiger partial charge in [0.25, 0.3) is 5.91 Å². The van der Waals surface area contributed by atoms with Gasteiger partial charge >= 0.3 is 5.97 Å². The summed E-state index contributed by atoms with van der Waals surface area (Å²) in [6.45, 7) is 7.77. The molecule has 0 spiro atoms. The molecule has 1 aromatic heterocycles. The van der Waals surface area contributed by atoms with Gasteiger partial charge in [0.1, 0.15) is 11.3 Å². The third-order valence-electron chi connectivity index (χ3n) is 5.00. The van der Waals surface area contributed by atoms with Gasteiger partial charge in [-0.25, -0.2) is 4.79 Å². The molecule has 0 atom stereocenters. The Balaban J connectivity index is 1.70. The zero-order valence-electron chi connectivity index (χ0n) is 18.6. The van der Waals surface area contributed by atoms with E-state index < -0.39 is 5.97 Å². The summed E-state index contributed by atoms with van der Waals surface area (Å²) in [6, 6.07) is 12.8. The Morgan fingerprint density at radius 2 is 1.88 bits per heavy atom. The second kappa shape index (κ2) is 10.5. The highest BCUT2D eigenvalue weighted by Gasteiger charge is 2.15. The number of benzene rings is 2. The molecule has 32 heavy (non-hydrogen) atoms. The summed E-state index contributed by atoms with van der Waals surface area (Å²) in [4.78, 5) is 31.0. The van der Waals surface area contributed by atoms with Gasteiger partial charge in [-0.3, -0.25) is 9.78 Å². The number of rotatable bonds is 9. The van der Waals surface area contributed by atoms with Gasteiger partial charge in [-0.2, -0.15) is 0 Å². The van der Waals surface area contributed by atoms with Crippen molar-refractivity contribution in [1.29, 1.82) is 0 Å². The summed E-state index contributed by atoms with van der Waals surface area (Å²) in [5.41, 5.74) is 8.79. The van der Waals surface area contributed by atoms with Crippen molar-refractivity contribution in [3.8, 4) is 5.75 Å². The SMILES string of the molecule is CCOC(=O)c1cnc2ccc(NC(=O)COc3cccc(N(CC)CC)c3)cc2c1N. The van der Waals surface area contributed by atoms with Gasteiger partial charge in [-0.15, -0.1) is 0 Å². The number of amides is 1.